The fraction of sp³-hybridized carbons (Fsp3) is 0.462. The van der Waals surface area contributed by atoms with Crippen LogP contribution < -0.4 is 10.0 Å². The van der Waals surface area contributed by atoms with Crippen LogP contribution in [-0.2, 0) is 14.8 Å². The summed E-state index contributed by atoms with van der Waals surface area (Å²) in [7, 11) is -4.17. The molecule has 0 unspecified atom stereocenters. The Morgan fingerprint density at radius 2 is 1.61 bits per heavy atom. The number of unbranched alkanes of at least 4 members (excludes halogenated alkanes) is 3. The van der Waals surface area contributed by atoms with Crippen LogP contribution in [0.2, 0.25) is 0 Å². The van der Waals surface area contributed by atoms with E-state index in [9.17, 15) is 22.8 Å². The lowest BCUT2D eigenvalue weighted by molar-refractivity contribution is 0.0204. The Morgan fingerprint density at radius 3 is 2.25 bits per heavy atom. The molecule has 10 heteroatoms. The highest BCUT2D eigenvalue weighted by Gasteiger charge is 2.22. The number of hydrogen-bond donors (Lipinski definition) is 2. The number of esters is 1. The summed E-state index contributed by atoms with van der Waals surface area (Å²) in [5.41, 5.74) is 0.363. The molecule has 2 N–H and O–H groups in total. The molecule has 1 aromatic heterocycles. The molecule has 0 saturated heterocycles. The van der Waals surface area contributed by atoms with Gasteiger partial charge in [0.2, 0.25) is 0 Å². The van der Waals surface area contributed by atoms with Crippen LogP contribution in [-0.4, -0.2) is 43.8 Å². The Morgan fingerprint density at radius 1 is 0.917 bits per heavy atom. The second kappa shape index (κ2) is 13.2. The quantitative estimate of drug-likeness (QED) is 0.341. The van der Waals surface area contributed by atoms with E-state index < -0.39 is 21.9 Å². The van der Waals surface area contributed by atoms with Gasteiger partial charge in [-0.15, -0.1) is 0 Å². The zero-order valence-electron chi connectivity index (χ0n) is 20.5. The Hall–Kier alpha value is -3.27. The zero-order valence-corrected chi connectivity index (χ0v) is 21.3. The summed E-state index contributed by atoms with van der Waals surface area (Å²) < 4.78 is 32.7. The van der Waals surface area contributed by atoms with Gasteiger partial charge in [0.15, 0.2) is 0 Å². The molecule has 0 aliphatic heterocycles. The molecule has 1 fully saturated rings. The minimum absolute atomic E-state index is 0.0214. The minimum atomic E-state index is -4.17. The molecule has 2 aromatic rings. The molecule has 194 valence electrons. The van der Waals surface area contributed by atoms with E-state index in [0.717, 1.165) is 64.0 Å². The Kier molecular flexibility index (Phi) is 9.98. The van der Waals surface area contributed by atoms with E-state index in [1.165, 1.54) is 36.4 Å². The molecular weight excluding hydrogens is 482 g/mol. The maximum absolute atomic E-state index is 12.6. The zero-order chi connectivity index (χ0) is 26.0. The van der Waals surface area contributed by atoms with Crippen molar-refractivity contribution in [3.8, 4) is 0 Å². The molecule has 3 rings (SSSR count). The fourth-order valence-electron chi connectivity index (χ4n) is 3.92. The predicted molar refractivity (Wildman–Crippen MR) is 134 cm³/mol. The standard InChI is InChI=1S/C26H33N3O6S/c1-2-3-4-8-17-27-24(30)19-11-14-22(15-12-19)36(33,34)29-25(31)20-13-16-23(28-18-20)26(32)35-21-9-6-5-7-10-21/h11-16,18,21H,2-10,17H2,1H3,(H,27,30)(H,29,31). The number of ether oxygens (including phenoxy) is 1. The van der Waals surface area contributed by atoms with Gasteiger partial charge in [0.05, 0.1) is 10.5 Å². The number of nitrogens with zero attached hydrogens (tertiary/aromatic N) is 1. The minimum Gasteiger partial charge on any atom is -0.458 e. The van der Waals surface area contributed by atoms with Crippen molar-refractivity contribution in [2.45, 2.75) is 75.7 Å². The van der Waals surface area contributed by atoms with E-state index in [1.54, 1.807) is 0 Å². The lowest BCUT2D eigenvalue weighted by atomic mass is 9.98. The van der Waals surface area contributed by atoms with Gasteiger partial charge in [-0.2, -0.15) is 0 Å². The highest BCUT2D eigenvalue weighted by molar-refractivity contribution is 7.90. The largest absolute Gasteiger partial charge is 0.458 e. The maximum atomic E-state index is 12.6. The first-order valence-electron chi connectivity index (χ1n) is 12.4. The smallest absolute Gasteiger partial charge is 0.357 e. The van der Waals surface area contributed by atoms with Gasteiger partial charge < -0.3 is 10.1 Å². The first kappa shape index (κ1) is 27.3. The molecule has 1 saturated carbocycles. The van der Waals surface area contributed by atoms with Gasteiger partial charge in [0, 0.05) is 18.3 Å². The first-order chi connectivity index (χ1) is 17.3. The summed E-state index contributed by atoms with van der Waals surface area (Å²) in [6.45, 7) is 2.67. The van der Waals surface area contributed by atoms with Crippen molar-refractivity contribution in [3.63, 3.8) is 0 Å². The highest BCUT2D eigenvalue weighted by Crippen LogP contribution is 2.21. The predicted octanol–water partition coefficient (Wildman–Crippen LogP) is 4.00. The van der Waals surface area contributed by atoms with E-state index >= 15 is 0 Å². The number of pyridine rings is 1. The van der Waals surface area contributed by atoms with E-state index in [0.29, 0.717) is 12.1 Å². The number of amides is 2. The summed E-state index contributed by atoms with van der Waals surface area (Å²) in [5.74, 6) is -1.73. The third kappa shape index (κ3) is 7.87. The molecule has 1 aliphatic rings. The van der Waals surface area contributed by atoms with E-state index in [1.807, 2.05) is 4.72 Å². The molecule has 0 atom stereocenters. The Labute approximate surface area is 212 Å². The highest BCUT2D eigenvalue weighted by atomic mass is 32.2. The number of carbonyl (C=O) groups excluding carboxylic acids is 3. The molecule has 1 aliphatic carbocycles. The molecule has 0 radical (unpaired) electrons. The van der Waals surface area contributed by atoms with Crippen LogP contribution in [0.25, 0.3) is 0 Å². The molecule has 0 spiro atoms. The fourth-order valence-corrected chi connectivity index (χ4v) is 4.90. The summed E-state index contributed by atoms with van der Waals surface area (Å²) in [6.07, 6.45) is 9.99. The van der Waals surface area contributed by atoms with Crippen LogP contribution in [0.4, 0.5) is 0 Å². The van der Waals surface area contributed by atoms with E-state index in [2.05, 4.69) is 17.2 Å². The number of carbonyl (C=O) groups is 3. The third-order valence-electron chi connectivity index (χ3n) is 6.03. The number of rotatable bonds is 11. The number of sulfonamides is 1. The molecule has 0 bridgehead atoms. The number of aromatic nitrogens is 1. The van der Waals surface area contributed by atoms with Crippen LogP contribution in [0.3, 0.4) is 0 Å². The van der Waals surface area contributed by atoms with Gasteiger partial charge in [0.1, 0.15) is 11.8 Å². The molecule has 1 aromatic carbocycles. The second-order valence-electron chi connectivity index (χ2n) is 8.87. The van der Waals surface area contributed by atoms with Crippen LogP contribution in [0.5, 0.6) is 0 Å². The summed E-state index contributed by atoms with van der Waals surface area (Å²) >= 11 is 0. The summed E-state index contributed by atoms with van der Waals surface area (Å²) in [4.78, 5) is 40.8. The Bertz CT molecular complexity index is 1140. The number of nitrogens with one attached hydrogen (secondary N) is 2. The molecular formula is C26H33N3O6S. The van der Waals surface area contributed by atoms with Gasteiger partial charge >= 0.3 is 5.97 Å². The van der Waals surface area contributed by atoms with Crippen molar-refractivity contribution in [3.05, 3.63) is 59.4 Å². The van der Waals surface area contributed by atoms with Crippen LogP contribution in [0, 0.1) is 0 Å². The third-order valence-corrected chi connectivity index (χ3v) is 7.38. The van der Waals surface area contributed by atoms with Crippen molar-refractivity contribution in [2.24, 2.45) is 0 Å². The number of hydrogen-bond acceptors (Lipinski definition) is 7. The summed E-state index contributed by atoms with van der Waals surface area (Å²) in [5, 5.41) is 2.81. The average Bonchev–Trinajstić information content (AvgIpc) is 2.89. The van der Waals surface area contributed by atoms with Crippen LogP contribution in [0.1, 0.15) is 95.9 Å². The molecule has 36 heavy (non-hydrogen) atoms. The lowest BCUT2D eigenvalue weighted by Gasteiger charge is -2.21. The lowest BCUT2D eigenvalue weighted by Crippen LogP contribution is -2.31. The first-order valence-corrected chi connectivity index (χ1v) is 13.9. The average molecular weight is 516 g/mol. The van der Waals surface area contributed by atoms with Crippen LogP contribution >= 0.6 is 0 Å². The number of benzene rings is 1. The van der Waals surface area contributed by atoms with E-state index in [-0.39, 0.29) is 28.2 Å². The van der Waals surface area contributed by atoms with Gasteiger partial charge in [0.25, 0.3) is 21.8 Å². The summed E-state index contributed by atoms with van der Waals surface area (Å²) in [6, 6.07) is 7.99. The maximum Gasteiger partial charge on any atom is 0.357 e. The van der Waals surface area contributed by atoms with Gasteiger partial charge in [-0.3, -0.25) is 9.59 Å². The molecule has 1 heterocycles. The van der Waals surface area contributed by atoms with Crippen molar-refractivity contribution < 1.29 is 27.5 Å². The topological polar surface area (TPSA) is 132 Å². The van der Waals surface area contributed by atoms with Crippen molar-refractivity contribution in [1.82, 2.24) is 15.0 Å². The molecule has 9 nitrogen and oxygen atoms in total. The second-order valence-corrected chi connectivity index (χ2v) is 10.6. The van der Waals surface area contributed by atoms with Gasteiger partial charge in [-0.05, 0) is 68.5 Å². The van der Waals surface area contributed by atoms with Gasteiger partial charge in [-0.25, -0.2) is 22.9 Å². The van der Waals surface area contributed by atoms with Crippen molar-refractivity contribution >= 4 is 27.8 Å². The normalized spacial score (nSPS) is 14.1. The molecule has 2 amide bonds. The van der Waals surface area contributed by atoms with Crippen LogP contribution in [0.15, 0.2) is 47.5 Å². The van der Waals surface area contributed by atoms with Crippen molar-refractivity contribution in [2.75, 3.05) is 6.54 Å². The van der Waals surface area contributed by atoms with E-state index in [4.69, 9.17) is 4.74 Å². The SMILES string of the molecule is CCCCCCNC(=O)c1ccc(S(=O)(=O)NC(=O)c2ccc(C(=O)OC3CCCCC3)nc2)cc1. The van der Waals surface area contributed by atoms with Gasteiger partial charge in [-0.1, -0.05) is 32.6 Å². The van der Waals surface area contributed by atoms with Crippen molar-refractivity contribution in [1.29, 1.82) is 0 Å². The monoisotopic (exact) mass is 515 g/mol. The Balaban J connectivity index is 1.55.